The maximum Gasteiger partial charge on any atom is 0.262 e. The van der Waals surface area contributed by atoms with Gasteiger partial charge in [0.05, 0.1) is 20.8 Å². The molecule has 0 heterocycles. The van der Waals surface area contributed by atoms with Gasteiger partial charge in [-0.15, -0.1) is 0 Å². The van der Waals surface area contributed by atoms with Gasteiger partial charge in [0.15, 0.2) is 11.5 Å². The van der Waals surface area contributed by atoms with Crippen molar-refractivity contribution in [3.05, 3.63) is 57.6 Å². The number of rotatable bonds is 8. The molecule has 0 unspecified atom stereocenters. The Morgan fingerprint density at radius 3 is 2.46 bits per heavy atom. The SMILES string of the molecule is CCOc1cc(Br)c(/C=C(/C#N)C(=O)NCc2ccc(OC)cc2)cc1OC. The van der Waals surface area contributed by atoms with Crippen molar-refractivity contribution >= 4 is 27.9 Å². The molecule has 7 heteroatoms. The van der Waals surface area contributed by atoms with Crippen molar-refractivity contribution in [1.29, 1.82) is 5.26 Å². The fraction of sp³-hybridized carbons (Fsp3) is 0.238. The molecule has 0 radical (unpaired) electrons. The number of carbonyl (C=O) groups is 1. The highest BCUT2D eigenvalue weighted by atomic mass is 79.9. The van der Waals surface area contributed by atoms with Crippen LogP contribution in [0.25, 0.3) is 6.08 Å². The Bertz CT molecular complexity index is 902. The number of hydrogen-bond acceptors (Lipinski definition) is 5. The lowest BCUT2D eigenvalue weighted by Gasteiger charge is -2.12. The normalized spacial score (nSPS) is 10.8. The zero-order chi connectivity index (χ0) is 20.5. The van der Waals surface area contributed by atoms with E-state index in [1.807, 2.05) is 37.3 Å². The third-order valence-corrected chi connectivity index (χ3v) is 4.55. The van der Waals surface area contributed by atoms with Crippen molar-refractivity contribution in [3.63, 3.8) is 0 Å². The third kappa shape index (κ3) is 5.51. The molecule has 1 N–H and O–H groups in total. The summed E-state index contributed by atoms with van der Waals surface area (Å²) in [5.41, 5.74) is 1.52. The lowest BCUT2D eigenvalue weighted by Crippen LogP contribution is -2.23. The molecule has 0 bridgehead atoms. The van der Waals surface area contributed by atoms with E-state index in [2.05, 4.69) is 21.2 Å². The second-order valence-corrected chi connectivity index (χ2v) is 6.51. The van der Waals surface area contributed by atoms with E-state index in [9.17, 15) is 10.1 Å². The van der Waals surface area contributed by atoms with Gasteiger partial charge in [-0.2, -0.15) is 5.26 Å². The highest BCUT2D eigenvalue weighted by Crippen LogP contribution is 2.34. The summed E-state index contributed by atoms with van der Waals surface area (Å²) in [5, 5.41) is 12.2. The van der Waals surface area contributed by atoms with Crippen LogP contribution in [0.5, 0.6) is 17.2 Å². The van der Waals surface area contributed by atoms with Gasteiger partial charge in [0.25, 0.3) is 5.91 Å². The van der Waals surface area contributed by atoms with Gasteiger partial charge in [-0.25, -0.2) is 0 Å². The van der Waals surface area contributed by atoms with E-state index in [4.69, 9.17) is 14.2 Å². The highest BCUT2D eigenvalue weighted by molar-refractivity contribution is 9.10. The van der Waals surface area contributed by atoms with E-state index < -0.39 is 5.91 Å². The Morgan fingerprint density at radius 2 is 1.89 bits per heavy atom. The number of nitrogens with one attached hydrogen (secondary N) is 1. The minimum absolute atomic E-state index is 0.0135. The average Bonchev–Trinajstić information content (AvgIpc) is 2.72. The fourth-order valence-corrected chi connectivity index (χ4v) is 2.85. The number of benzene rings is 2. The van der Waals surface area contributed by atoms with Crippen molar-refractivity contribution in [2.75, 3.05) is 20.8 Å². The van der Waals surface area contributed by atoms with Gasteiger partial charge in [-0.05, 0) is 48.4 Å². The Labute approximate surface area is 172 Å². The number of nitriles is 1. The van der Waals surface area contributed by atoms with Crippen LogP contribution in [0.4, 0.5) is 0 Å². The van der Waals surface area contributed by atoms with E-state index >= 15 is 0 Å². The van der Waals surface area contributed by atoms with Crippen LogP contribution in [0.15, 0.2) is 46.4 Å². The molecule has 0 spiro atoms. The summed E-state index contributed by atoms with van der Waals surface area (Å²) in [6.45, 7) is 2.67. The number of nitrogens with zero attached hydrogens (tertiary/aromatic N) is 1. The van der Waals surface area contributed by atoms with Crippen LogP contribution in [0, 0.1) is 11.3 Å². The van der Waals surface area contributed by atoms with Crippen molar-refractivity contribution in [2.45, 2.75) is 13.5 Å². The van der Waals surface area contributed by atoms with Crippen molar-refractivity contribution in [2.24, 2.45) is 0 Å². The molecule has 28 heavy (non-hydrogen) atoms. The van der Waals surface area contributed by atoms with E-state index in [1.165, 1.54) is 13.2 Å². The second kappa shape index (κ2) is 10.4. The molecule has 0 aliphatic rings. The summed E-state index contributed by atoms with van der Waals surface area (Å²) in [4.78, 5) is 12.4. The molecule has 2 rings (SSSR count). The van der Waals surface area contributed by atoms with Gasteiger partial charge in [0.2, 0.25) is 0 Å². The molecule has 2 aromatic carbocycles. The van der Waals surface area contributed by atoms with E-state index in [1.54, 1.807) is 19.2 Å². The van der Waals surface area contributed by atoms with Crippen molar-refractivity contribution in [1.82, 2.24) is 5.32 Å². The molecule has 0 aromatic heterocycles. The first kappa shape index (κ1) is 21.3. The Morgan fingerprint density at radius 1 is 1.18 bits per heavy atom. The monoisotopic (exact) mass is 444 g/mol. The predicted octanol–water partition coefficient (Wildman–Crippen LogP) is 4.09. The number of carbonyl (C=O) groups excluding carboxylic acids is 1. The maximum atomic E-state index is 12.4. The first-order valence-electron chi connectivity index (χ1n) is 8.55. The van der Waals surface area contributed by atoms with E-state index in [0.29, 0.717) is 34.7 Å². The first-order valence-corrected chi connectivity index (χ1v) is 9.34. The molecule has 0 atom stereocenters. The standard InChI is InChI=1S/C21H21BrN2O4/c1-4-28-20-11-18(22)15(10-19(20)27-3)9-16(12-23)21(25)24-13-14-5-7-17(26-2)8-6-14/h5-11H,4,13H2,1-3H3,(H,24,25)/b16-9-. The van der Waals surface area contributed by atoms with Crippen LogP contribution in [0.1, 0.15) is 18.1 Å². The van der Waals surface area contributed by atoms with Crippen LogP contribution in [0.3, 0.4) is 0 Å². The summed E-state index contributed by atoms with van der Waals surface area (Å²) in [7, 11) is 3.13. The minimum atomic E-state index is -0.460. The van der Waals surface area contributed by atoms with Gasteiger partial charge in [0, 0.05) is 11.0 Å². The molecule has 0 saturated heterocycles. The Hall–Kier alpha value is -2.98. The average molecular weight is 445 g/mol. The zero-order valence-corrected chi connectivity index (χ0v) is 17.5. The van der Waals surface area contributed by atoms with E-state index in [0.717, 1.165) is 11.3 Å². The third-order valence-electron chi connectivity index (χ3n) is 3.86. The summed E-state index contributed by atoms with van der Waals surface area (Å²) in [5.74, 6) is 1.38. The molecule has 0 saturated carbocycles. The maximum absolute atomic E-state index is 12.4. The van der Waals surface area contributed by atoms with Crippen LogP contribution in [-0.4, -0.2) is 26.7 Å². The van der Waals surface area contributed by atoms with E-state index in [-0.39, 0.29) is 5.57 Å². The number of amides is 1. The fourth-order valence-electron chi connectivity index (χ4n) is 2.41. The predicted molar refractivity (Wildman–Crippen MR) is 110 cm³/mol. The Balaban J connectivity index is 2.17. The zero-order valence-electron chi connectivity index (χ0n) is 15.9. The van der Waals surface area contributed by atoms with Crippen LogP contribution < -0.4 is 19.5 Å². The summed E-state index contributed by atoms with van der Waals surface area (Å²) >= 11 is 3.44. The second-order valence-electron chi connectivity index (χ2n) is 5.66. The van der Waals surface area contributed by atoms with Crippen LogP contribution in [0.2, 0.25) is 0 Å². The number of ether oxygens (including phenoxy) is 3. The van der Waals surface area contributed by atoms with Crippen molar-refractivity contribution in [3.8, 4) is 23.3 Å². The largest absolute Gasteiger partial charge is 0.497 e. The molecule has 1 amide bonds. The number of halogens is 1. The van der Waals surface area contributed by atoms with Crippen molar-refractivity contribution < 1.29 is 19.0 Å². The molecule has 146 valence electrons. The van der Waals surface area contributed by atoms with Gasteiger partial charge in [-0.1, -0.05) is 28.1 Å². The molecule has 2 aromatic rings. The number of hydrogen-bond donors (Lipinski definition) is 1. The van der Waals surface area contributed by atoms with Gasteiger partial charge < -0.3 is 19.5 Å². The topological polar surface area (TPSA) is 80.6 Å². The lowest BCUT2D eigenvalue weighted by molar-refractivity contribution is -0.117. The summed E-state index contributed by atoms with van der Waals surface area (Å²) in [6.07, 6.45) is 1.51. The summed E-state index contributed by atoms with van der Waals surface area (Å²) < 4.78 is 16.6. The first-order chi connectivity index (χ1) is 13.5. The molecule has 0 fully saturated rings. The quantitative estimate of drug-likeness (QED) is 0.489. The molecular formula is C21H21BrN2O4. The lowest BCUT2D eigenvalue weighted by atomic mass is 10.1. The van der Waals surface area contributed by atoms with Gasteiger partial charge in [0.1, 0.15) is 17.4 Å². The minimum Gasteiger partial charge on any atom is -0.497 e. The van der Waals surface area contributed by atoms with Gasteiger partial charge in [-0.3, -0.25) is 4.79 Å². The van der Waals surface area contributed by atoms with Gasteiger partial charge >= 0.3 is 0 Å². The van der Waals surface area contributed by atoms with Crippen LogP contribution >= 0.6 is 15.9 Å². The number of methoxy groups -OCH3 is 2. The summed E-state index contributed by atoms with van der Waals surface area (Å²) in [6, 6.07) is 12.7. The van der Waals surface area contributed by atoms with Crippen LogP contribution in [-0.2, 0) is 11.3 Å². The molecule has 0 aliphatic carbocycles. The Kier molecular flexibility index (Phi) is 7.90. The smallest absolute Gasteiger partial charge is 0.262 e. The molecular weight excluding hydrogens is 424 g/mol. The molecule has 6 nitrogen and oxygen atoms in total. The molecule has 0 aliphatic heterocycles. The highest BCUT2D eigenvalue weighted by Gasteiger charge is 2.13.